The number of morpholine rings is 1. The number of carbonyl (C=O) groups is 2. The molecule has 1 aromatic heterocycles. The molecule has 2 aromatic rings. The number of carbonyl (C=O) groups excluding carboxylic acids is 2. The van der Waals surface area contributed by atoms with Gasteiger partial charge in [0.25, 0.3) is 5.91 Å². The Balaban J connectivity index is 1.50. The van der Waals surface area contributed by atoms with Crippen LogP contribution < -0.4 is 5.32 Å². The summed E-state index contributed by atoms with van der Waals surface area (Å²) < 4.78 is 11.6. The van der Waals surface area contributed by atoms with Crippen LogP contribution in [0, 0.1) is 6.92 Å². The number of ether oxygens (including phenoxy) is 1. The van der Waals surface area contributed by atoms with Crippen molar-refractivity contribution < 1.29 is 18.7 Å². The monoisotopic (exact) mass is 411 g/mol. The molecule has 160 valence electrons. The molecule has 3 unspecified atom stereocenters. The molecule has 3 heterocycles. The quantitative estimate of drug-likeness (QED) is 0.790. The average molecular weight is 412 g/mol. The predicted octanol–water partition coefficient (Wildman–Crippen LogP) is 2.44. The van der Waals surface area contributed by atoms with Crippen LogP contribution in [0.25, 0.3) is 0 Å². The van der Waals surface area contributed by atoms with Gasteiger partial charge in [0.05, 0.1) is 12.1 Å². The second kappa shape index (κ2) is 9.02. The first-order chi connectivity index (χ1) is 14.5. The van der Waals surface area contributed by atoms with Crippen LogP contribution in [0.3, 0.4) is 0 Å². The van der Waals surface area contributed by atoms with Gasteiger partial charge in [-0.1, -0.05) is 30.3 Å². The fourth-order valence-corrected chi connectivity index (χ4v) is 4.37. The van der Waals surface area contributed by atoms with Gasteiger partial charge in [-0.2, -0.15) is 0 Å². The normalized spacial score (nSPS) is 23.5. The highest BCUT2D eigenvalue weighted by Gasteiger charge is 2.40. The van der Waals surface area contributed by atoms with Crippen LogP contribution in [0.4, 0.5) is 0 Å². The Morgan fingerprint density at radius 3 is 2.57 bits per heavy atom. The molecular formula is C23H29N3O4. The summed E-state index contributed by atoms with van der Waals surface area (Å²) >= 11 is 0. The van der Waals surface area contributed by atoms with Crippen molar-refractivity contribution in [1.29, 1.82) is 0 Å². The first-order valence-electron chi connectivity index (χ1n) is 10.5. The third-order valence-corrected chi connectivity index (χ3v) is 6.02. The van der Waals surface area contributed by atoms with Crippen molar-refractivity contribution in [3.8, 4) is 0 Å². The number of hydrogen-bond acceptors (Lipinski definition) is 5. The van der Waals surface area contributed by atoms with E-state index in [4.69, 9.17) is 9.15 Å². The van der Waals surface area contributed by atoms with Gasteiger partial charge in [-0.3, -0.25) is 14.5 Å². The van der Waals surface area contributed by atoms with Crippen molar-refractivity contribution in [3.05, 3.63) is 59.5 Å². The third-order valence-electron chi connectivity index (χ3n) is 6.02. The number of nitrogens with zero attached hydrogens (tertiary/aromatic N) is 2. The molecule has 2 amide bonds. The summed E-state index contributed by atoms with van der Waals surface area (Å²) in [6, 6.07) is 13.0. The van der Waals surface area contributed by atoms with Gasteiger partial charge < -0.3 is 19.4 Å². The summed E-state index contributed by atoms with van der Waals surface area (Å²) in [4.78, 5) is 29.4. The fraction of sp³-hybridized carbons (Fsp3) is 0.478. The Morgan fingerprint density at radius 2 is 1.90 bits per heavy atom. The highest BCUT2D eigenvalue weighted by Crippen LogP contribution is 2.30. The second-order valence-electron chi connectivity index (χ2n) is 8.04. The van der Waals surface area contributed by atoms with E-state index in [0.29, 0.717) is 6.54 Å². The molecule has 0 saturated carbocycles. The molecule has 2 fully saturated rings. The smallest absolute Gasteiger partial charge is 0.251 e. The predicted molar refractivity (Wildman–Crippen MR) is 112 cm³/mol. The lowest BCUT2D eigenvalue weighted by atomic mass is 9.97. The molecule has 7 nitrogen and oxygen atoms in total. The lowest BCUT2D eigenvalue weighted by Crippen LogP contribution is -2.53. The van der Waals surface area contributed by atoms with E-state index < -0.39 is 12.1 Å². The standard InChI is InChI=1S/C23H29N3O4/c1-16-10-11-19(30-16)18(26-12-6-7-13-26)14-24-23(28)22-21(17-8-4-3-5-9-17)25(2)20(27)15-29-22/h3-5,8-11,18,21-22H,6-7,12-15H2,1-2H3,(H,24,28). The molecule has 30 heavy (non-hydrogen) atoms. The van der Waals surface area contributed by atoms with Crippen molar-refractivity contribution >= 4 is 11.8 Å². The van der Waals surface area contributed by atoms with Gasteiger partial charge in [0.15, 0.2) is 6.10 Å². The van der Waals surface area contributed by atoms with Crippen LogP contribution in [0.5, 0.6) is 0 Å². The molecule has 1 aromatic carbocycles. The average Bonchev–Trinajstić information content (AvgIpc) is 3.43. The Morgan fingerprint density at radius 1 is 1.17 bits per heavy atom. The molecule has 3 atom stereocenters. The molecule has 2 saturated heterocycles. The number of furan rings is 1. The highest BCUT2D eigenvalue weighted by molar-refractivity contribution is 5.86. The van der Waals surface area contributed by atoms with Crippen molar-refractivity contribution in [2.45, 2.75) is 38.0 Å². The van der Waals surface area contributed by atoms with Gasteiger partial charge in [-0.05, 0) is 50.6 Å². The number of amides is 2. The molecule has 0 aliphatic carbocycles. The Hall–Kier alpha value is -2.64. The van der Waals surface area contributed by atoms with Crippen molar-refractivity contribution in [2.24, 2.45) is 0 Å². The van der Waals surface area contributed by atoms with Crippen LogP contribution in [0.1, 0.15) is 42.0 Å². The first kappa shape index (κ1) is 20.6. The Bertz CT molecular complexity index is 876. The van der Waals surface area contributed by atoms with E-state index in [-0.39, 0.29) is 24.5 Å². The molecule has 2 aliphatic rings. The minimum Gasteiger partial charge on any atom is -0.465 e. The zero-order valence-electron chi connectivity index (χ0n) is 17.5. The van der Waals surface area contributed by atoms with Crippen LogP contribution in [-0.4, -0.2) is 61.0 Å². The number of rotatable bonds is 6. The van der Waals surface area contributed by atoms with Gasteiger partial charge in [-0.15, -0.1) is 0 Å². The number of nitrogens with one attached hydrogen (secondary N) is 1. The van der Waals surface area contributed by atoms with Crippen molar-refractivity contribution in [1.82, 2.24) is 15.1 Å². The van der Waals surface area contributed by atoms with E-state index in [0.717, 1.165) is 43.0 Å². The summed E-state index contributed by atoms with van der Waals surface area (Å²) in [6.45, 7) is 4.25. The number of aryl methyl sites for hydroxylation is 1. The zero-order valence-corrected chi connectivity index (χ0v) is 17.5. The minimum atomic E-state index is -0.757. The van der Waals surface area contributed by atoms with E-state index in [1.165, 1.54) is 0 Å². The van der Waals surface area contributed by atoms with Gasteiger partial charge in [0.2, 0.25) is 5.91 Å². The Kier molecular flexibility index (Phi) is 6.20. The maximum atomic E-state index is 13.2. The van der Waals surface area contributed by atoms with Crippen molar-refractivity contribution in [3.63, 3.8) is 0 Å². The molecule has 0 bridgehead atoms. The number of likely N-dealkylation sites (tertiary alicyclic amines) is 1. The Labute approximate surface area is 177 Å². The largest absolute Gasteiger partial charge is 0.465 e. The third kappa shape index (κ3) is 4.27. The molecular weight excluding hydrogens is 382 g/mol. The van der Waals surface area contributed by atoms with E-state index in [1.54, 1.807) is 11.9 Å². The summed E-state index contributed by atoms with van der Waals surface area (Å²) in [5, 5.41) is 3.07. The molecule has 4 rings (SSSR count). The molecule has 2 aliphatic heterocycles. The van der Waals surface area contributed by atoms with Gasteiger partial charge in [0, 0.05) is 13.6 Å². The van der Waals surface area contributed by atoms with E-state index in [1.807, 2.05) is 49.4 Å². The molecule has 0 radical (unpaired) electrons. The topological polar surface area (TPSA) is 75.0 Å². The van der Waals surface area contributed by atoms with Gasteiger partial charge in [0.1, 0.15) is 18.1 Å². The summed E-state index contributed by atoms with van der Waals surface area (Å²) in [5.41, 5.74) is 0.881. The van der Waals surface area contributed by atoms with Gasteiger partial charge >= 0.3 is 0 Å². The SMILES string of the molecule is Cc1ccc(C(CNC(=O)C2OCC(=O)N(C)C2c2ccccc2)N2CCCC2)o1. The van der Waals surface area contributed by atoms with Crippen LogP contribution in [0.15, 0.2) is 46.9 Å². The zero-order chi connectivity index (χ0) is 21.1. The number of benzene rings is 1. The van der Waals surface area contributed by atoms with E-state index in [9.17, 15) is 9.59 Å². The van der Waals surface area contributed by atoms with E-state index in [2.05, 4.69) is 10.2 Å². The maximum Gasteiger partial charge on any atom is 0.251 e. The van der Waals surface area contributed by atoms with Crippen LogP contribution in [-0.2, 0) is 14.3 Å². The molecule has 1 N–H and O–H groups in total. The number of likely N-dealkylation sites (N-methyl/N-ethyl adjacent to an activating group) is 1. The van der Waals surface area contributed by atoms with E-state index >= 15 is 0 Å². The molecule has 0 spiro atoms. The number of hydrogen-bond donors (Lipinski definition) is 1. The van der Waals surface area contributed by atoms with Crippen LogP contribution >= 0.6 is 0 Å². The molecule has 7 heteroatoms. The van der Waals surface area contributed by atoms with Crippen LogP contribution in [0.2, 0.25) is 0 Å². The lowest BCUT2D eigenvalue weighted by molar-refractivity contribution is -0.162. The summed E-state index contributed by atoms with van der Waals surface area (Å²) in [6.07, 6.45) is 1.55. The minimum absolute atomic E-state index is 0.0109. The fourth-order valence-electron chi connectivity index (χ4n) is 4.37. The second-order valence-corrected chi connectivity index (χ2v) is 8.04. The summed E-state index contributed by atoms with van der Waals surface area (Å²) in [5.74, 6) is 1.39. The van der Waals surface area contributed by atoms with Gasteiger partial charge in [-0.25, -0.2) is 0 Å². The lowest BCUT2D eigenvalue weighted by Gasteiger charge is -2.38. The van der Waals surface area contributed by atoms with Crippen molar-refractivity contribution in [2.75, 3.05) is 33.3 Å². The maximum absolute atomic E-state index is 13.2. The summed E-state index contributed by atoms with van der Waals surface area (Å²) in [7, 11) is 1.72. The highest BCUT2D eigenvalue weighted by atomic mass is 16.5. The first-order valence-corrected chi connectivity index (χ1v) is 10.5.